The van der Waals surface area contributed by atoms with E-state index in [2.05, 4.69) is 18.7 Å². The van der Waals surface area contributed by atoms with Crippen LogP contribution in [0.1, 0.15) is 29.8 Å². The van der Waals surface area contributed by atoms with E-state index >= 15 is 0 Å². The lowest BCUT2D eigenvalue weighted by Crippen LogP contribution is -2.39. The summed E-state index contributed by atoms with van der Waals surface area (Å²) in [6.45, 7) is 8.27. The molecule has 0 atom stereocenters. The van der Waals surface area contributed by atoms with Gasteiger partial charge in [-0.2, -0.15) is 0 Å². The Hall–Kier alpha value is -1.55. The van der Waals surface area contributed by atoms with Crippen molar-refractivity contribution in [3.8, 4) is 5.75 Å². The zero-order valence-corrected chi connectivity index (χ0v) is 13.2. The Bertz CT molecular complexity index is 456. The van der Waals surface area contributed by atoms with Crippen LogP contribution in [0, 0.1) is 12.8 Å². The summed E-state index contributed by atoms with van der Waals surface area (Å²) < 4.78 is 0. The molecule has 0 radical (unpaired) electrons. The number of carbonyl (C=O) groups is 1. The van der Waals surface area contributed by atoms with E-state index in [0.29, 0.717) is 24.6 Å². The van der Waals surface area contributed by atoms with Crippen molar-refractivity contribution in [2.45, 2.75) is 20.8 Å². The summed E-state index contributed by atoms with van der Waals surface area (Å²) in [4.78, 5) is 16.5. The van der Waals surface area contributed by atoms with Gasteiger partial charge < -0.3 is 14.9 Å². The largest absolute Gasteiger partial charge is 0.507 e. The summed E-state index contributed by atoms with van der Waals surface area (Å²) in [5.41, 5.74) is 1.37. The maximum absolute atomic E-state index is 12.6. The van der Waals surface area contributed by atoms with Crippen LogP contribution in [0.5, 0.6) is 5.75 Å². The standard InChI is InChI=1S/C16H26N2O2/c1-12(2)11-18(9-8-17(4)5)16(20)14-10-13(3)6-7-15(14)19/h6-7,10,12,19H,8-9,11H2,1-5H3. The van der Waals surface area contributed by atoms with E-state index in [4.69, 9.17) is 0 Å². The molecule has 0 bridgehead atoms. The van der Waals surface area contributed by atoms with Gasteiger partial charge in [0.2, 0.25) is 0 Å². The SMILES string of the molecule is Cc1ccc(O)c(C(=O)N(CCN(C)C)CC(C)C)c1. The average Bonchev–Trinajstić information content (AvgIpc) is 2.36. The number of phenols is 1. The second-order valence-corrected chi connectivity index (χ2v) is 5.97. The molecule has 1 amide bonds. The van der Waals surface area contributed by atoms with E-state index < -0.39 is 0 Å². The predicted molar refractivity (Wildman–Crippen MR) is 82.1 cm³/mol. The molecule has 112 valence electrons. The van der Waals surface area contributed by atoms with Crippen molar-refractivity contribution in [1.82, 2.24) is 9.80 Å². The minimum Gasteiger partial charge on any atom is -0.507 e. The van der Waals surface area contributed by atoms with Crippen LogP contribution in [0.15, 0.2) is 18.2 Å². The van der Waals surface area contributed by atoms with Gasteiger partial charge in [-0.05, 0) is 39.1 Å². The van der Waals surface area contributed by atoms with Gasteiger partial charge in [-0.3, -0.25) is 4.79 Å². The van der Waals surface area contributed by atoms with E-state index in [1.54, 1.807) is 18.2 Å². The monoisotopic (exact) mass is 278 g/mol. The number of phenolic OH excluding ortho intramolecular Hbond substituents is 1. The first kappa shape index (κ1) is 16.5. The van der Waals surface area contributed by atoms with Gasteiger partial charge in [0.05, 0.1) is 5.56 Å². The molecule has 0 heterocycles. The highest BCUT2D eigenvalue weighted by Gasteiger charge is 2.20. The third kappa shape index (κ3) is 4.85. The molecule has 0 aromatic heterocycles. The Morgan fingerprint density at radius 1 is 1.25 bits per heavy atom. The van der Waals surface area contributed by atoms with Gasteiger partial charge in [-0.1, -0.05) is 25.5 Å². The summed E-state index contributed by atoms with van der Waals surface area (Å²) in [6, 6.07) is 5.14. The molecular formula is C16H26N2O2. The Labute approximate surface area is 122 Å². The van der Waals surface area contributed by atoms with Crippen molar-refractivity contribution in [2.75, 3.05) is 33.7 Å². The van der Waals surface area contributed by atoms with Crippen LogP contribution < -0.4 is 0 Å². The van der Waals surface area contributed by atoms with Crippen molar-refractivity contribution < 1.29 is 9.90 Å². The van der Waals surface area contributed by atoms with Crippen LogP contribution in [-0.2, 0) is 0 Å². The number of rotatable bonds is 6. The number of hydrogen-bond donors (Lipinski definition) is 1. The fraction of sp³-hybridized carbons (Fsp3) is 0.562. The smallest absolute Gasteiger partial charge is 0.257 e. The molecule has 0 saturated heterocycles. The van der Waals surface area contributed by atoms with E-state index in [-0.39, 0.29) is 11.7 Å². The molecule has 4 nitrogen and oxygen atoms in total. The Kier molecular flexibility index (Phi) is 6.02. The van der Waals surface area contributed by atoms with Crippen molar-refractivity contribution in [1.29, 1.82) is 0 Å². The molecular weight excluding hydrogens is 252 g/mol. The molecule has 0 saturated carbocycles. The number of carbonyl (C=O) groups excluding carboxylic acids is 1. The topological polar surface area (TPSA) is 43.8 Å². The first-order chi connectivity index (χ1) is 9.31. The predicted octanol–water partition coefficient (Wildman–Crippen LogP) is 2.36. The maximum Gasteiger partial charge on any atom is 0.257 e. The number of aryl methyl sites for hydroxylation is 1. The van der Waals surface area contributed by atoms with Crippen LogP contribution in [0.2, 0.25) is 0 Å². The van der Waals surface area contributed by atoms with Crippen LogP contribution >= 0.6 is 0 Å². The van der Waals surface area contributed by atoms with Crippen molar-refractivity contribution in [3.63, 3.8) is 0 Å². The molecule has 0 aliphatic rings. The second kappa shape index (κ2) is 7.29. The highest BCUT2D eigenvalue weighted by Crippen LogP contribution is 2.20. The highest BCUT2D eigenvalue weighted by atomic mass is 16.3. The summed E-state index contributed by atoms with van der Waals surface area (Å²) in [5.74, 6) is 0.356. The third-order valence-electron chi connectivity index (χ3n) is 3.07. The fourth-order valence-corrected chi connectivity index (χ4v) is 2.03. The number of amides is 1. The summed E-state index contributed by atoms with van der Waals surface area (Å²) in [5, 5.41) is 9.91. The van der Waals surface area contributed by atoms with Crippen LogP contribution in [0.3, 0.4) is 0 Å². The second-order valence-electron chi connectivity index (χ2n) is 5.97. The van der Waals surface area contributed by atoms with Crippen molar-refractivity contribution >= 4 is 5.91 Å². The summed E-state index contributed by atoms with van der Waals surface area (Å²) >= 11 is 0. The van der Waals surface area contributed by atoms with Gasteiger partial charge in [-0.15, -0.1) is 0 Å². The molecule has 1 aromatic carbocycles. The molecule has 20 heavy (non-hydrogen) atoms. The molecule has 0 fully saturated rings. The number of nitrogens with zero attached hydrogens (tertiary/aromatic N) is 2. The number of hydrogen-bond acceptors (Lipinski definition) is 3. The third-order valence-corrected chi connectivity index (χ3v) is 3.07. The molecule has 0 spiro atoms. The molecule has 1 aromatic rings. The Balaban J connectivity index is 2.93. The van der Waals surface area contributed by atoms with Gasteiger partial charge in [0, 0.05) is 19.6 Å². The van der Waals surface area contributed by atoms with Gasteiger partial charge in [0.1, 0.15) is 5.75 Å². The highest BCUT2D eigenvalue weighted by molar-refractivity contribution is 5.97. The van der Waals surface area contributed by atoms with Gasteiger partial charge >= 0.3 is 0 Å². The fourth-order valence-electron chi connectivity index (χ4n) is 2.03. The molecule has 1 rings (SSSR count). The zero-order chi connectivity index (χ0) is 15.3. The Morgan fingerprint density at radius 3 is 2.45 bits per heavy atom. The Morgan fingerprint density at radius 2 is 1.90 bits per heavy atom. The molecule has 0 aliphatic carbocycles. The minimum absolute atomic E-state index is 0.0548. The van der Waals surface area contributed by atoms with Crippen molar-refractivity contribution in [3.05, 3.63) is 29.3 Å². The molecule has 0 aliphatic heterocycles. The lowest BCUT2D eigenvalue weighted by molar-refractivity contribution is 0.0721. The van der Waals surface area contributed by atoms with E-state index in [9.17, 15) is 9.90 Å². The van der Waals surface area contributed by atoms with Gasteiger partial charge in [0.25, 0.3) is 5.91 Å². The molecule has 0 unspecified atom stereocenters. The van der Waals surface area contributed by atoms with Gasteiger partial charge in [0.15, 0.2) is 0 Å². The normalized spacial score (nSPS) is 11.2. The van der Waals surface area contributed by atoms with Gasteiger partial charge in [-0.25, -0.2) is 0 Å². The van der Waals surface area contributed by atoms with Crippen LogP contribution in [0.25, 0.3) is 0 Å². The van der Waals surface area contributed by atoms with Crippen LogP contribution in [0.4, 0.5) is 0 Å². The first-order valence-electron chi connectivity index (χ1n) is 7.05. The lowest BCUT2D eigenvalue weighted by Gasteiger charge is -2.26. The van der Waals surface area contributed by atoms with Crippen molar-refractivity contribution in [2.24, 2.45) is 5.92 Å². The zero-order valence-electron chi connectivity index (χ0n) is 13.2. The number of benzene rings is 1. The van der Waals surface area contributed by atoms with E-state index in [1.165, 1.54) is 0 Å². The lowest BCUT2D eigenvalue weighted by atomic mass is 10.1. The van der Waals surface area contributed by atoms with E-state index in [0.717, 1.165) is 12.1 Å². The van der Waals surface area contributed by atoms with E-state index in [1.807, 2.05) is 25.9 Å². The summed E-state index contributed by atoms with van der Waals surface area (Å²) in [7, 11) is 3.98. The minimum atomic E-state index is -0.0956. The summed E-state index contributed by atoms with van der Waals surface area (Å²) in [6.07, 6.45) is 0. The quantitative estimate of drug-likeness (QED) is 0.868. The van der Waals surface area contributed by atoms with Crippen LogP contribution in [-0.4, -0.2) is 54.5 Å². The molecule has 4 heteroatoms. The molecule has 1 N–H and O–H groups in total. The first-order valence-corrected chi connectivity index (χ1v) is 7.05. The number of likely N-dealkylation sites (N-methyl/N-ethyl adjacent to an activating group) is 1. The average molecular weight is 278 g/mol. The maximum atomic E-state index is 12.6. The number of aromatic hydroxyl groups is 1.